The molecule has 0 atom stereocenters. The maximum atomic E-state index is 8.02. The Balaban J connectivity index is 2.08. The van der Waals surface area contributed by atoms with Crippen LogP contribution >= 0.6 is 15.9 Å². The van der Waals surface area contributed by atoms with Crippen molar-refractivity contribution in [3.05, 3.63) is 71.1 Å². The smallest absolute Gasteiger partial charge is 0.0770 e. The van der Waals surface area contributed by atoms with Crippen LogP contribution in [0, 0.1) is 5.41 Å². The Morgan fingerprint density at radius 3 is 2.44 bits per heavy atom. The van der Waals surface area contributed by atoms with E-state index in [9.17, 15) is 0 Å². The van der Waals surface area contributed by atoms with Crippen molar-refractivity contribution >= 4 is 27.3 Å². The van der Waals surface area contributed by atoms with Gasteiger partial charge in [0.05, 0.1) is 10.2 Å². The number of para-hydroxylation sites is 1. The normalized spacial score (nSPS) is 11.1. The molecule has 1 heterocycles. The minimum Gasteiger partial charge on any atom is -0.361 e. The highest BCUT2D eigenvalue weighted by Gasteiger charge is 2.04. The van der Waals surface area contributed by atoms with Crippen molar-refractivity contribution in [2.75, 3.05) is 5.32 Å². The average Bonchev–Trinajstić information content (AvgIpc) is 2.46. The summed E-state index contributed by atoms with van der Waals surface area (Å²) in [6.45, 7) is 0. The van der Waals surface area contributed by atoms with Crippen LogP contribution in [0.25, 0.3) is 0 Å². The predicted molar refractivity (Wildman–Crippen MR) is 78.1 cm³/mol. The number of nitrogens with zero attached hydrogens (tertiary/aromatic N) is 1. The maximum Gasteiger partial charge on any atom is 0.0770 e. The number of rotatable bonds is 4. The van der Waals surface area contributed by atoms with E-state index in [1.54, 1.807) is 30.7 Å². The lowest BCUT2D eigenvalue weighted by Crippen LogP contribution is -2.01. The molecular formula is C14H12BrN3. The molecule has 1 aromatic heterocycles. The summed E-state index contributed by atoms with van der Waals surface area (Å²) in [5.74, 6) is 0. The molecule has 0 aliphatic heterocycles. The van der Waals surface area contributed by atoms with E-state index in [-0.39, 0.29) is 0 Å². The van der Waals surface area contributed by atoms with Gasteiger partial charge >= 0.3 is 0 Å². The number of hydrogen-bond donors (Lipinski definition) is 2. The molecule has 2 rings (SSSR count). The molecule has 0 aliphatic carbocycles. The fourth-order valence-electron chi connectivity index (χ4n) is 1.41. The van der Waals surface area contributed by atoms with E-state index >= 15 is 0 Å². The summed E-state index contributed by atoms with van der Waals surface area (Å²) in [6, 6.07) is 13.4. The lowest BCUT2D eigenvalue weighted by atomic mass is 10.1. The average molecular weight is 302 g/mol. The third-order valence-corrected chi connectivity index (χ3v) is 2.97. The molecule has 0 saturated carbocycles. The van der Waals surface area contributed by atoms with Crippen molar-refractivity contribution in [2.45, 2.75) is 0 Å². The van der Waals surface area contributed by atoms with Gasteiger partial charge in [0.2, 0.25) is 0 Å². The molecule has 2 aromatic rings. The molecule has 0 bridgehead atoms. The maximum absolute atomic E-state index is 8.02. The van der Waals surface area contributed by atoms with E-state index in [0.717, 1.165) is 11.3 Å². The van der Waals surface area contributed by atoms with Gasteiger partial charge in [-0.2, -0.15) is 0 Å². The first kappa shape index (κ1) is 12.5. The summed E-state index contributed by atoms with van der Waals surface area (Å²) >= 11 is 3.39. The van der Waals surface area contributed by atoms with Gasteiger partial charge in [0.1, 0.15) is 0 Å². The minimum atomic E-state index is 0.417. The number of benzene rings is 1. The lowest BCUT2D eigenvalue weighted by Gasteiger charge is -2.04. The summed E-state index contributed by atoms with van der Waals surface area (Å²) in [5.41, 5.74) is 2.22. The zero-order valence-corrected chi connectivity index (χ0v) is 11.2. The first-order chi connectivity index (χ1) is 8.77. The largest absolute Gasteiger partial charge is 0.361 e. The van der Waals surface area contributed by atoms with Crippen LogP contribution in [0.5, 0.6) is 0 Å². The van der Waals surface area contributed by atoms with Gasteiger partial charge in [0, 0.05) is 29.8 Å². The Kier molecular flexibility index (Phi) is 4.25. The summed E-state index contributed by atoms with van der Waals surface area (Å²) < 4.78 is 0.692. The molecule has 90 valence electrons. The van der Waals surface area contributed by atoms with Gasteiger partial charge in [-0.1, -0.05) is 18.2 Å². The van der Waals surface area contributed by atoms with Crippen molar-refractivity contribution in [3.8, 4) is 0 Å². The van der Waals surface area contributed by atoms with Gasteiger partial charge in [-0.15, -0.1) is 0 Å². The van der Waals surface area contributed by atoms with Gasteiger partial charge in [-0.25, -0.2) is 0 Å². The summed E-state index contributed by atoms with van der Waals surface area (Å²) in [6.07, 6.45) is 5.11. The van der Waals surface area contributed by atoms with Gasteiger partial charge in [0.25, 0.3) is 0 Å². The van der Waals surface area contributed by atoms with E-state index in [1.807, 2.05) is 30.3 Å². The quantitative estimate of drug-likeness (QED) is 0.844. The molecule has 0 unspecified atom stereocenters. The van der Waals surface area contributed by atoms with Crippen LogP contribution in [0.3, 0.4) is 0 Å². The van der Waals surface area contributed by atoms with Crippen LogP contribution < -0.4 is 5.32 Å². The van der Waals surface area contributed by atoms with Crippen LogP contribution in [0.2, 0.25) is 0 Å². The van der Waals surface area contributed by atoms with Crippen LogP contribution in [-0.2, 0) is 0 Å². The molecular weight excluding hydrogens is 290 g/mol. The highest BCUT2D eigenvalue weighted by atomic mass is 79.9. The van der Waals surface area contributed by atoms with Gasteiger partial charge in [0.15, 0.2) is 0 Å². The number of nitrogens with one attached hydrogen (secondary N) is 2. The van der Waals surface area contributed by atoms with E-state index in [2.05, 4.69) is 26.2 Å². The molecule has 0 aliphatic rings. The third kappa shape index (κ3) is 3.28. The van der Waals surface area contributed by atoms with E-state index in [1.165, 1.54) is 0 Å². The molecule has 18 heavy (non-hydrogen) atoms. The van der Waals surface area contributed by atoms with Crippen LogP contribution in [0.4, 0.5) is 5.69 Å². The molecule has 0 fully saturated rings. The second kappa shape index (κ2) is 6.12. The van der Waals surface area contributed by atoms with E-state index < -0.39 is 0 Å². The van der Waals surface area contributed by atoms with Crippen LogP contribution in [0.15, 0.2) is 65.5 Å². The Bertz CT molecular complexity index is 550. The van der Waals surface area contributed by atoms with Gasteiger partial charge in [-0.3, -0.25) is 10.4 Å². The molecule has 0 spiro atoms. The van der Waals surface area contributed by atoms with Gasteiger partial charge in [-0.05, 0) is 40.2 Å². The predicted octanol–water partition coefficient (Wildman–Crippen LogP) is 3.80. The number of pyridine rings is 1. The molecule has 3 nitrogen and oxygen atoms in total. The van der Waals surface area contributed by atoms with Gasteiger partial charge < -0.3 is 5.32 Å². The first-order valence-corrected chi connectivity index (χ1v) is 6.23. The fourth-order valence-corrected chi connectivity index (χ4v) is 1.75. The minimum absolute atomic E-state index is 0.417. The number of anilines is 1. The first-order valence-electron chi connectivity index (χ1n) is 5.44. The lowest BCUT2D eigenvalue weighted by molar-refractivity contribution is 1.31. The molecule has 4 heteroatoms. The topological polar surface area (TPSA) is 48.8 Å². The van der Waals surface area contributed by atoms with Crippen molar-refractivity contribution < 1.29 is 0 Å². The monoisotopic (exact) mass is 301 g/mol. The third-order valence-electron chi connectivity index (χ3n) is 2.35. The van der Waals surface area contributed by atoms with Crippen molar-refractivity contribution in [1.82, 2.24) is 4.98 Å². The molecule has 1 aromatic carbocycles. The summed E-state index contributed by atoms with van der Waals surface area (Å²) in [7, 11) is 0. The summed E-state index contributed by atoms with van der Waals surface area (Å²) in [4.78, 5) is 3.93. The SMILES string of the molecule is N=C(/C(Br)=C\Nc1ccccc1)c1ccncc1. The Hall–Kier alpha value is -1.94. The zero-order chi connectivity index (χ0) is 12.8. The van der Waals surface area contributed by atoms with Crippen LogP contribution in [0.1, 0.15) is 5.56 Å². The van der Waals surface area contributed by atoms with Crippen LogP contribution in [-0.4, -0.2) is 10.7 Å². The van der Waals surface area contributed by atoms with Crippen molar-refractivity contribution in [2.24, 2.45) is 0 Å². The molecule has 0 saturated heterocycles. The number of halogens is 1. The second-order valence-corrected chi connectivity index (χ2v) is 4.47. The fraction of sp³-hybridized carbons (Fsp3) is 0. The Morgan fingerprint density at radius 2 is 1.78 bits per heavy atom. The Morgan fingerprint density at radius 1 is 1.11 bits per heavy atom. The molecule has 0 amide bonds. The highest BCUT2D eigenvalue weighted by Crippen LogP contribution is 2.14. The second-order valence-electron chi connectivity index (χ2n) is 3.61. The zero-order valence-electron chi connectivity index (χ0n) is 9.60. The summed E-state index contributed by atoms with van der Waals surface area (Å²) in [5, 5.41) is 11.1. The molecule has 0 radical (unpaired) electrons. The highest BCUT2D eigenvalue weighted by molar-refractivity contribution is 9.12. The number of allylic oxidation sites excluding steroid dienone is 1. The van der Waals surface area contributed by atoms with Crippen molar-refractivity contribution in [1.29, 1.82) is 5.41 Å². The van der Waals surface area contributed by atoms with E-state index in [4.69, 9.17) is 5.41 Å². The molecule has 2 N–H and O–H groups in total. The Labute approximate surface area is 114 Å². The number of aromatic nitrogens is 1. The van der Waals surface area contributed by atoms with E-state index in [0.29, 0.717) is 10.2 Å². The number of hydrogen-bond acceptors (Lipinski definition) is 3. The standard InChI is InChI=1S/C14H12BrN3/c15-13(10-18-12-4-2-1-3-5-12)14(16)11-6-8-17-9-7-11/h1-10,16,18H/b13-10+,16-14?. The van der Waals surface area contributed by atoms with Crippen molar-refractivity contribution in [3.63, 3.8) is 0 Å².